The Labute approximate surface area is 129 Å². The second-order valence-electron chi connectivity index (χ2n) is 4.94. The molecule has 3 nitrogen and oxygen atoms in total. The molecule has 1 aromatic carbocycles. The van der Waals surface area contributed by atoms with E-state index in [0.717, 1.165) is 22.3 Å². The first kappa shape index (κ1) is 14.9. The third-order valence-electron chi connectivity index (χ3n) is 3.29. The molecule has 1 N–H and O–H groups in total. The first-order chi connectivity index (χ1) is 9.61. The van der Waals surface area contributed by atoms with Gasteiger partial charge in [0.15, 0.2) is 0 Å². The number of nitrogens with one attached hydrogen (secondary N) is 1. The van der Waals surface area contributed by atoms with Crippen molar-refractivity contribution in [2.24, 2.45) is 0 Å². The van der Waals surface area contributed by atoms with Gasteiger partial charge < -0.3 is 10.2 Å². The van der Waals surface area contributed by atoms with E-state index in [4.69, 9.17) is 0 Å². The zero-order valence-corrected chi connectivity index (χ0v) is 13.7. The Morgan fingerprint density at radius 2 is 1.90 bits per heavy atom. The summed E-state index contributed by atoms with van der Waals surface area (Å²) in [4.78, 5) is 6.32. The molecule has 4 heteroatoms. The minimum atomic E-state index is 0.283. The molecular weight excluding hydrogens is 314 g/mol. The fourth-order valence-corrected chi connectivity index (χ4v) is 2.46. The molecule has 0 bridgehead atoms. The molecule has 2 rings (SSSR count). The van der Waals surface area contributed by atoms with Gasteiger partial charge in [0.2, 0.25) is 0 Å². The standard InChI is InChI=1S/C16H20BrN3/c1-4-14(12-5-7-13(17)8-6-12)19-15-11-18-10-9-16(15)20(2)3/h5-11,14,19H,4H2,1-3H3. The topological polar surface area (TPSA) is 28.2 Å². The Hall–Kier alpha value is -1.55. The van der Waals surface area contributed by atoms with Crippen LogP contribution in [0.4, 0.5) is 11.4 Å². The monoisotopic (exact) mass is 333 g/mol. The van der Waals surface area contributed by atoms with E-state index >= 15 is 0 Å². The van der Waals surface area contributed by atoms with Gasteiger partial charge in [0, 0.05) is 24.8 Å². The molecule has 1 unspecified atom stereocenters. The quantitative estimate of drug-likeness (QED) is 0.874. The van der Waals surface area contributed by atoms with Crippen molar-refractivity contribution in [2.75, 3.05) is 24.3 Å². The van der Waals surface area contributed by atoms with Crippen LogP contribution in [0.5, 0.6) is 0 Å². The highest BCUT2D eigenvalue weighted by Gasteiger charge is 2.12. The molecule has 0 fully saturated rings. The van der Waals surface area contributed by atoms with Crippen molar-refractivity contribution in [3.63, 3.8) is 0 Å². The van der Waals surface area contributed by atoms with Gasteiger partial charge in [-0.05, 0) is 30.2 Å². The minimum Gasteiger partial charge on any atom is -0.376 e. The van der Waals surface area contributed by atoms with Crippen LogP contribution in [0.2, 0.25) is 0 Å². The van der Waals surface area contributed by atoms with Crippen molar-refractivity contribution >= 4 is 27.3 Å². The Bertz CT molecular complexity index is 552. The smallest absolute Gasteiger partial charge is 0.0769 e. The summed E-state index contributed by atoms with van der Waals surface area (Å²) >= 11 is 3.48. The second kappa shape index (κ2) is 6.75. The van der Waals surface area contributed by atoms with Gasteiger partial charge in [0.1, 0.15) is 0 Å². The largest absolute Gasteiger partial charge is 0.376 e. The molecule has 1 heterocycles. The first-order valence-corrected chi connectivity index (χ1v) is 7.54. The number of aromatic nitrogens is 1. The third kappa shape index (κ3) is 3.51. The predicted octanol–water partition coefficient (Wildman–Crippen LogP) is 4.47. The van der Waals surface area contributed by atoms with Crippen molar-refractivity contribution in [1.29, 1.82) is 0 Å². The van der Waals surface area contributed by atoms with Gasteiger partial charge in [-0.3, -0.25) is 4.98 Å². The molecule has 0 radical (unpaired) electrons. The van der Waals surface area contributed by atoms with Crippen molar-refractivity contribution < 1.29 is 0 Å². The molecule has 0 spiro atoms. The summed E-state index contributed by atoms with van der Waals surface area (Å²) in [5.41, 5.74) is 3.49. The van der Waals surface area contributed by atoms with Crippen LogP contribution in [0.1, 0.15) is 24.9 Å². The van der Waals surface area contributed by atoms with E-state index in [1.165, 1.54) is 5.56 Å². The highest BCUT2D eigenvalue weighted by molar-refractivity contribution is 9.10. The molecule has 1 atom stereocenters. The maximum absolute atomic E-state index is 4.23. The fraction of sp³-hybridized carbons (Fsp3) is 0.312. The van der Waals surface area contributed by atoms with Gasteiger partial charge in [-0.15, -0.1) is 0 Å². The zero-order valence-electron chi connectivity index (χ0n) is 12.1. The van der Waals surface area contributed by atoms with Gasteiger partial charge in [-0.1, -0.05) is 35.0 Å². The van der Waals surface area contributed by atoms with Gasteiger partial charge in [-0.2, -0.15) is 0 Å². The van der Waals surface area contributed by atoms with Crippen LogP contribution >= 0.6 is 15.9 Å². The summed E-state index contributed by atoms with van der Waals surface area (Å²) in [5, 5.41) is 3.59. The highest BCUT2D eigenvalue weighted by atomic mass is 79.9. The van der Waals surface area contributed by atoms with E-state index < -0.39 is 0 Å². The fourth-order valence-electron chi connectivity index (χ4n) is 2.19. The van der Waals surface area contributed by atoms with E-state index in [0.29, 0.717) is 0 Å². The lowest BCUT2D eigenvalue weighted by molar-refractivity contribution is 0.748. The van der Waals surface area contributed by atoms with E-state index in [1.807, 2.05) is 32.6 Å². The van der Waals surface area contributed by atoms with Crippen LogP contribution in [0.15, 0.2) is 47.2 Å². The Balaban J connectivity index is 2.24. The number of nitrogens with zero attached hydrogens (tertiary/aromatic N) is 2. The molecule has 0 saturated heterocycles. The molecule has 0 saturated carbocycles. The zero-order chi connectivity index (χ0) is 14.5. The van der Waals surface area contributed by atoms with Crippen LogP contribution in [-0.4, -0.2) is 19.1 Å². The van der Waals surface area contributed by atoms with Crippen molar-refractivity contribution in [3.8, 4) is 0 Å². The third-order valence-corrected chi connectivity index (χ3v) is 3.82. The SMILES string of the molecule is CCC(Nc1cnccc1N(C)C)c1ccc(Br)cc1. The van der Waals surface area contributed by atoms with Gasteiger partial charge in [0.05, 0.1) is 23.6 Å². The average molecular weight is 334 g/mol. The van der Waals surface area contributed by atoms with Crippen LogP contribution < -0.4 is 10.2 Å². The average Bonchev–Trinajstić information content (AvgIpc) is 2.46. The normalized spacial score (nSPS) is 12.0. The lowest BCUT2D eigenvalue weighted by Gasteiger charge is -2.23. The summed E-state index contributed by atoms with van der Waals surface area (Å²) in [5.74, 6) is 0. The summed E-state index contributed by atoms with van der Waals surface area (Å²) in [6.07, 6.45) is 4.72. The molecule has 1 aromatic heterocycles. The van der Waals surface area contributed by atoms with E-state index in [-0.39, 0.29) is 6.04 Å². The lowest BCUT2D eigenvalue weighted by Crippen LogP contribution is -2.15. The number of hydrogen-bond acceptors (Lipinski definition) is 3. The van der Waals surface area contributed by atoms with E-state index in [1.54, 1.807) is 0 Å². The Morgan fingerprint density at radius 3 is 2.50 bits per heavy atom. The number of rotatable bonds is 5. The predicted molar refractivity (Wildman–Crippen MR) is 89.4 cm³/mol. The highest BCUT2D eigenvalue weighted by Crippen LogP contribution is 2.29. The van der Waals surface area contributed by atoms with Crippen molar-refractivity contribution in [3.05, 3.63) is 52.8 Å². The molecule has 20 heavy (non-hydrogen) atoms. The number of benzene rings is 1. The molecule has 0 aliphatic heterocycles. The first-order valence-electron chi connectivity index (χ1n) is 6.75. The Kier molecular flexibility index (Phi) is 5.01. The molecule has 0 aliphatic carbocycles. The second-order valence-corrected chi connectivity index (χ2v) is 5.86. The van der Waals surface area contributed by atoms with Crippen molar-refractivity contribution in [1.82, 2.24) is 4.98 Å². The van der Waals surface area contributed by atoms with Crippen LogP contribution in [0.25, 0.3) is 0 Å². The maximum Gasteiger partial charge on any atom is 0.0769 e. The van der Waals surface area contributed by atoms with Gasteiger partial charge >= 0.3 is 0 Å². The van der Waals surface area contributed by atoms with Crippen LogP contribution in [0.3, 0.4) is 0 Å². The summed E-state index contributed by atoms with van der Waals surface area (Å²) in [6, 6.07) is 10.8. The number of anilines is 2. The summed E-state index contributed by atoms with van der Waals surface area (Å²) in [6.45, 7) is 2.19. The van der Waals surface area contributed by atoms with Gasteiger partial charge in [-0.25, -0.2) is 0 Å². The van der Waals surface area contributed by atoms with Crippen molar-refractivity contribution in [2.45, 2.75) is 19.4 Å². The Morgan fingerprint density at radius 1 is 1.20 bits per heavy atom. The van der Waals surface area contributed by atoms with E-state index in [9.17, 15) is 0 Å². The van der Waals surface area contributed by atoms with Crippen LogP contribution in [0, 0.1) is 0 Å². The molecule has 0 amide bonds. The molecule has 0 aliphatic rings. The molecular formula is C16H20BrN3. The van der Waals surface area contributed by atoms with Crippen LogP contribution in [-0.2, 0) is 0 Å². The summed E-state index contributed by atoms with van der Waals surface area (Å²) in [7, 11) is 4.09. The maximum atomic E-state index is 4.23. The summed E-state index contributed by atoms with van der Waals surface area (Å²) < 4.78 is 1.10. The molecule has 106 valence electrons. The lowest BCUT2D eigenvalue weighted by atomic mass is 10.0. The number of pyridine rings is 1. The minimum absolute atomic E-state index is 0.283. The molecule has 2 aromatic rings. The number of halogens is 1. The number of hydrogen-bond donors (Lipinski definition) is 1. The van der Waals surface area contributed by atoms with E-state index in [2.05, 4.69) is 62.3 Å². The van der Waals surface area contributed by atoms with Gasteiger partial charge in [0.25, 0.3) is 0 Å².